The fraction of sp³-hybridized carbons (Fsp3) is 0.700. The van der Waals surface area contributed by atoms with Crippen LogP contribution in [0.25, 0.3) is 0 Å². The van der Waals surface area contributed by atoms with Crippen molar-refractivity contribution in [3.05, 3.63) is 12.4 Å². The standard InChI is InChI=1S/C10H17N3O/c1-12-5-3-4-9(7-12)14-10-6-11-13(2)8-10/h6,8-9H,3-5,7H2,1-2H3/t9-/m0/s1. The van der Waals surface area contributed by atoms with Crippen LogP contribution < -0.4 is 4.74 Å². The molecule has 0 aromatic carbocycles. The number of aryl methyl sites for hydroxylation is 1. The first-order valence-corrected chi connectivity index (χ1v) is 5.08. The number of nitrogens with zero attached hydrogens (tertiary/aromatic N) is 3. The first kappa shape index (κ1) is 9.52. The number of ether oxygens (including phenoxy) is 1. The van der Waals surface area contributed by atoms with E-state index >= 15 is 0 Å². The maximum atomic E-state index is 5.82. The molecule has 1 aromatic heterocycles. The van der Waals surface area contributed by atoms with E-state index in [4.69, 9.17) is 4.74 Å². The molecule has 0 radical (unpaired) electrons. The van der Waals surface area contributed by atoms with Crippen molar-refractivity contribution in [2.75, 3.05) is 20.1 Å². The van der Waals surface area contributed by atoms with Crippen LogP contribution >= 0.6 is 0 Å². The van der Waals surface area contributed by atoms with Gasteiger partial charge >= 0.3 is 0 Å². The van der Waals surface area contributed by atoms with Gasteiger partial charge in [-0.05, 0) is 26.4 Å². The van der Waals surface area contributed by atoms with Crippen LogP contribution in [-0.2, 0) is 7.05 Å². The highest BCUT2D eigenvalue weighted by molar-refractivity contribution is 5.12. The molecule has 1 saturated heterocycles. The summed E-state index contributed by atoms with van der Waals surface area (Å²) < 4.78 is 7.59. The highest BCUT2D eigenvalue weighted by atomic mass is 16.5. The Morgan fingerprint density at radius 1 is 1.50 bits per heavy atom. The second-order valence-corrected chi connectivity index (χ2v) is 3.99. The SMILES string of the molecule is CN1CCC[C@H](Oc2cnn(C)c2)C1. The molecule has 2 rings (SSSR count). The van der Waals surface area contributed by atoms with Gasteiger partial charge in [0.1, 0.15) is 6.10 Å². The van der Waals surface area contributed by atoms with Gasteiger partial charge in [-0.2, -0.15) is 5.10 Å². The van der Waals surface area contributed by atoms with Gasteiger partial charge in [0, 0.05) is 13.6 Å². The second kappa shape index (κ2) is 4.00. The van der Waals surface area contributed by atoms with E-state index in [1.54, 1.807) is 10.9 Å². The fourth-order valence-corrected chi connectivity index (χ4v) is 1.87. The average Bonchev–Trinajstić information content (AvgIpc) is 2.51. The third-order valence-corrected chi connectivity index (χ3v) is 2.57. The molecular weight excluding hydrogens is 178 g/mol. The molecule has 4 heteroatoms. The van der Waals surface area contributed by atoms with E-state index in [0.29, 0.717) is 6.10 Å². The number of likely N-dealkylation sites (N-methyl/N-ethyl adjacent to an activating group) is 1. The molecule has 0 aliphatic carbocycles. The maximum Gasteiger partial charge on any atom is 0.157 e. The summed E-state index contributed by atoms with van der Waals surface area (Å²) in [6.07, 6.45) is 6.39. The van der Waals surface area contributed by atoms with E-state index in [0.717, 1.165) is 18.7 Å². The maximum absolute atomic E-state index is 5.82. The molecule has 78 valence electrons. The number of aromatic nitrogens is 2. The van der Waals surface area contributed by atoms with E-state index < -0.39 is 0 Å². The zero-order chi connectivity index (χ0) is 9.97. The van der Waals surface area contributed by atoms with Crippen molar-refractivity contribution in [3.8, 4) is 5.75 Å². The monoisotopic (exact) mass is 195 g/mol. The predicted octanol–water partition coefficient (Wildman–Crippen LogP) is 0.893. The minimum Gasteiger partial charge on any atom is -0.486 e. The Labute approximate surface area is 84.5 Å². The molecule has 0 spiro atoms. The molecule has 0 amide bonds. The largest absolute Gasteiger partial charge is 0.486 e. The summed E-state index contributed by atoms with van der Waals surface area (Å²) in [4.78, 5) is 2.31. The summed E-state index contributed by atoms with van der Waals surface area (Å²) in [7, 11) is 4.04. The van der Waals surface area contributed by atoms with Gasteiger partial charge in [-0.15, -0.1) is 0 Å². The van der Waals surface area contributed by atoms with Crippen molar-refractivity contribution in [2.24, 2.45) is 7.05 Å². The Bertz CT molecular complexity index is 297. The Hall–Kier alpha value is -1.03. The van der Waals surface area contributed by atoms with E-state index in [2.05, 4.69) is 17.0 Å². The minimum absolute atomic E-state index is 0.331. The Morgan fingerprint density at radius 2 is 2.36 bits per heavy atom. The van der Waals surface area contributed by atoms with Gasteiger partial charge < -0.3 is 9.64 Å². The molecular formula is C10H17N3O. The van der Waals surface area contributed by atoms with Gasteiger partial charge in [0.2, 0.25) is 0 Å². The summed E-state index contributed by atoms with van der Waals surface area (Å²) >= 11 is 0. The third-order valence-electron chi connectivity index (χ3n) is 2.57. The molecule has 0 unspecified atom stereocenters. The lowest BCUT2D eigenvalue weighted by molar-refractivity contribution is 0.104. The van der Waals surface area contributed by atoms with Crippen LogP contribution in [0.15, 0.2) is 12.4 Å². The van der Waals surface area contributed by atoms with E-state index in [-0.39, 0.29) is 0 Å². The number of hydrogen-bond donors (Lipinski definition) is 0. The second-order valence-electron chi connectivity index (χ2n) is 3.99. The molecule has 1 aromatic rings. The van der Waals surface area contributed by atoms with Crippen LogP contribution in [0.4, 0.5) is 0 Å². The fourth-order valence-electron chi connectivity index (χ4n) is 1.87. The smallest absolute Gasteiger partial charge is 0.157 e. The number of hydrogen-bond acceptors (Lipinski definition) is 3. The molecule has 0 saturated carbocycles. The van der Waals surface area contributed by atoms with Gasteiger partial charge in [-0.25, -0.2) is 0 Å². The molecule has 1 fully saturated rings. The van der Waals surface area contributed by atoms with Crippen LogP contribution in [0.1, 0.15) is 12.8 Å². The van der Waals surface area contributed by atoms with Crippen LogP contribution in [0.5, 0.6) is 5.75 Å². The predicted molar refractivity (Wildman–Crippen MR) is 54.4 cm³/mol. The summed E-state index contributed by atoms with van der Waals surface area (Å²) in [6.45, 7) is 2.21. The van der Waals surface area contributed by atoms with Crippen molar-refractivity contribution in [1.29, 1.82) is 0 Å². The van der Waals surface area contributed by atoms with Gasteiger partial charge in [-0.1, -0.05) is 0 Å². The zero-order valence-electron chi connectivity index (χ0n) is 8.81. The van der Waals surface area contributed by atoms with Gasteiger partial charge in [0.05, 0.1) is 12.4 Å². The summed E-state index contributed by atoms with van der Waals surface area (Å²) in [5, 5.41) is 4.08. The molecule has 0 N–H and O–H groups in total. The van der Waals surface area contributed by atoms with Crippen molar-refractivity contribution < 1.29 is 4.74 Å². The summed E-state index contributed by atoms with van der Waals surface area (Å²) in [6, 6.07) is 0. The number of likely N-dealkylation sites (tertiary alicyclic amines) is 1. The lowest BCUT2D eigenvalue weighted by atomic mass is 10.1. The van der Waals surface area contributed by atoms with Crippen molar-refractivity contribution >= 4 is 0 Å². The van der Waals surface area contributed by atoms with Gasteiger partial charge in [0.15, 0.2) is 5.75 Å². The van der Waals surface area contributed by atoms with Crippen LogP contribution in [0.2, 0.25) is 0 Å². The molecule has 1 atom stereocenters. The minimum atomic E-state index is 0.331. The van der Waals surface area contributed by atoms with Crippen LogP contribution in [-0.4, -0.2) is 40.9 Å². The quantitative estimate of drug-likeness (QED) is 0.702. The molecule has 1 aliphatic rings. The topological polar surface area (TPSA) is 30.3 Å². The van der Waals surface area contributed by atoms with Gasteiger partial charge in [-0.3, -0.25) is 4.68 Å². The number of piperidine rings is 1. The molecule has 2 heterocycles. The Morgan fingerprint density at radius 3 is 3.00 bits per heavy atom. The van der Waals surface area contributed by atoms with Crippen molar-refractivity contribution in [2.45, 2.75) is 18.9 Å². The third kappa shape index (κ3) is 2.26. The average molecular weight is 195 g/mol. The molecule has 0 bridgehead atoms. The lowest BCUT2D eigenvalue weighted by Gasteiger charge is -2.29. The van der Waals surface area contributed by atoms with Crippen molar-refractivity contribution in [1.82, 2.24) is 14.7 Å². The Balaban J connectivity index is 1.90. The first-order chi connectivity index (χ1) is 6.74. The number of rotatable bonds is 2. The highest BCUT2D eigenvalue weighted by Gasteiger charge is 2.18. The first-order valence-electron chi connectivity index (χ1n) is 5.08. The summed E-state index contributed by atoms with van der Waals surface area (Å²) in [5.41, 5.74) is 0. The van der Waals surface area contributed by atoms with Crippen LogP contribution in [0, 0.1) is 0 Å². The summed E-state index contributed by atoms with van der Waals surface area (Å²) in [5.74, 6) is 0.882. The van der Waals surface area contributed by atoms with E-state index in [1.165, 1.54) is 13.0 Å². The zero-order valence-corrected chi connectivity index (χ0v) is 8.81. The van der Waals surface area contributed by atoms with Gasteiger partial charge in [0.25, 0.3) is 0 Å². The lowest BCUT2D eigenvalue weighted by Crippen LogP contribution is -2.38. The molecule has 14 heavy (non-hydrogen) atoms. The van der Waals surface area contributed by atoms with Crippen LogP contribution in [0.3, 0.4) is 0 Å². The van der Waals surface area contributed by atoms with E-state index in [1.807, 2.05) is 13.2 Å². The highest BCUT2D eigenvalue weighted by Crippen LogP contribution is 2.16. The van der Waals surface area contributed by atoms with Crippen molar-refractivity contribution in [3.63, 3.8) is 0 Å². The van der Waals surface area contributed by atoms with E-state index in [9.17, 15) is 0 Å². The molecule has 4 nitrogen and oxygen atoms in total. The Kier molecular flexibility index (Phi) is 2.72. The normalized spacial score (nSPS) is 23.7. The molecule has 1 aliphatic heterocycles.